The summed E-state index contributed by atoms with van der Waals surface area (Å²) < 4.78 is 0. The van der Waals surface area contributed by atoms with E-state index in [0.717, 1.165) is 17.7 Å². The van der Waals surface area contributed by atoms with E-state index in [1.54, 1.807) is 11.3 Å². The molecule has 0 aliphatic rings. The molecule has 1 atom stereocenters. The van der Waals surface area contributed by atoms with Gasteiger partial charge in [0.25, 0.3) is 0 Å². The van der Waals surface area contributed by atoms with Crippen molar-refractivity contribution in [1.82, 2.24) is 0 Å². The van der Waals surface area contributed by atoms with Gasteiger partial charge in [-0.2, -0.15) is 0 Å². The molecule has 1 heterocycles. The summed E-state index contributed by atoms with van der Waals surface area (Å²) in [6.07, 6.45) is 1.03. The van der Waals surface area contributed by atoms with Crippen LogP contribution in [0.3, 0.4) is 0 Å². The van der Waals surface area contributed by atoms with E-state index in [4.69, 9.17) is 17.3 Å². The number of anilines is 2. The summed E-state index contributed by atoms with van der Waals surface area (Å²) in [7, 11) is 0. The highest BCUT2D eigenvalue weighted by Gasteiger charge is 2.12. The minimum atomic E-state index is 0.323. The van der Waals surface area contributed by atoms with Gasteiger partial charge in [0, 0.05) is 10.6 Å². The van der Waals surface area contributed by atoms with Gasteiger partial charge in [0.1, 0.15) is 0 Å². The molecule has 1 aromatic carbocycles. The maximum Gasteiger partial charge on any atom is 0.0656 e. The second-order valence-electron chi connectivity index (χ2n) is 4.31. The normalized spacial score (nSPS) is 12.4. The largest absolute Gasteiger partial charge is 0.398 e. The lowest BCUT2D eigenvalue weighted by molar-refractivity contribution is 0.763. The number of nitrogens with two attached hydrogens (primary N) is 1. The zero-order valence-corrected chi connectivity index (χ0v) is 12.1. The average molecular weight is 281 g/mol. The van der Waals surface area contributed by atoms with Crippen molar-refractivity contribution in [3.8, 4) is 0 Å². The van der Waals surface area contributed by atoms with Crippen molar-refractivity contribution in [2.45, 2.75) is 26.3 Å². The molecule has 2 nitrogen and oxygen atoms in total. The number of rotatable bonds is 4. The molecule has 1 unspecified atom stereocenters. The van der Waals surface area contributed by atoms with E-state index >= 15 is 0 Å². The van der Waals surface area contributed by atoms with Gasteiger partial charge in [0.15, 0.2) is 0 Å². The Kier molecular flexibility index (Phi) is 4.15. The number of hydrogen-bond donors (Lipinski definition) is 2. The van der Waals surface area contributed by atoms with Gasteiger partial charge in [-0.3, -0.25) is 0 Å². The van der Waals surface area contributed by atoms with Crippen LogP contribution in [-0.2, 0) is 0 Å². The highest BCUT2D eigenvalue weighted by atomic mass is 35.5. The van der Waals surface area contributed by atoms with Crippen molar-refractivity contribution >= 4 is 34.3 Å². The number of benzene rings is 1. The van der Waals surface area contributed by atoms with Gasteiger partial charge >= 0.3 is 0 Å². The molecule has 2 aromatic rings. The van der Waals surface area contributed by atoms with Crippen molar-refractivity contribution in [1.29, 1.82) is 0 Å². The lowest BCUT2D eigenvalue weighted by Crippen LogP contribution is -2.09. The van der Waals surface area contributed by atoms with Crippen LogP contribution in [0, 0.1) is 6.92 Å². The lowest BCUT2D eigenvalue weighted by atomic mass is 10.1. The maximum absolute atomic E-state index is 6.07. The van der Waals surface area contributed by atoms with E-state index < -0.39 is 0 Å². The quantitative estimate of drug-likeness (QED) is 0.785. The van der Waals surface area contributed by atoms with Gasteiger partial charge in [-0.05, 0) is 42.5 Å². The number of nitrogens with one attached hydrogen (secondary N) is 1. The van der Waals surface area contributed by atoms with E-state index in [2.05, 4.69) is 29.8 Å². The van der Waals surface area contributed by atoms with Crippen LogP contribution < -0.4 is 11.1 Å². The van der Waals surface area contributed by atoms with E-state index in [0.29, 0.717) is 16.8 Å². The molecule has 0 saturated heterocycles. The number of halogens is 1. The molecule has 0 amide bonds. The summed E-state index contributed by atoms with van der Waals surface area (Å²) in [4.78, 5) is 1.34. The van der Waals surface area contributed by atoms with Crippen LogP contribution in [0.1, 0.15) is 29.8 Å². The lowest BCUT2D eigenvalue weighted by Gasteiger charge is -2.19. The summed E-state index contributed by atoms with van der Waals surface area (Å²) in [6.45, 7) is 4.21. The molecule has 2 rings (SSSR count). The smallest absolute Gasteiger partial charge is 0.0656 e. The minimum absolute atomic E-state index is 0.323. The molecule has 1 aromatic heterocycles. The van der Waals surface area contributed by atoms with E-state index in [1.807, 2.05) is 19.1 Å². The summed E-state index contributed by atoms with van der Waals surface area (Å²) in [5, 5.41) is 6.24. The topological polar surface area (TPSA) is 38.0 Å². The van der Waals surface area contributed by atoms with Crippen LogP contribution in [0.2, 0.25) is 5.02 Å². The SMILES string of the molecule is CCC(Nc1cc(Cl)c(N)cc1C)c1cccs1. The first-order valence-corrected chi connectivity index (χ1v) is 7.23. The summed E-state index contributed by atoms with van der Waals surface area (Å²) in [5.41, 5.74) is 8.59. The minimum Gasteiger partial charge on any atom is -0.398 e. The molecule has 4 heteroatoms. The molecule has 0 saturated carbocycles. The number of hydrogen-bond acceptors (Lipinski definition) is 3. The third kappa shape index (κ3) is 2.79. The molecule has 18 heavy (non-hydrogen) atoms. The number of aryl methyl sites for hydroxylation is 1. The highest BCUT2D eigenvalue weighted by molar-refractivity contribution is 7.10. The van der Waals surface area contributed by atoms with Crippen molar-refractivity contribution in [3.05, 3.63) is 45.1 Å². The summed E-state index contributed by atoms with van der Waals surface area (Å²) >= 11 is 7.84. The first-order valence-electron chi connectivity index (χ1n) is 5.97. The van der Waals surface area contributed by atoms with Crippen molar-refractivity contribution < 1.29 is 0 Å². The van der Waals surface area contributed by atoms with Crippen molar-refractivity contribution in [2.24, 2.45) is 0 Å². The molecule has 0 aliphatic carbocycles. The predicted molar refractivity (Wildman–Crippen MR) is 81.6 cm³/mol. The summed E-state index contributed by atoms with van der Waals surface area (Å²) in [6, 6.07) is 8.37. The molecular weight excluding hydrogens is 264 g/mol. The van der Waals surface area contributed by atoms with Gasteiger partial charge in [0.2, 0.25) is 0 Å². The first-order chi connectivity index (χ1) is 8.61. The fraction of sp³-hybridized carbons (Fsp3) is 0.286. The standard InChI is InChI=1S/C14H17ClN2S/c1-3-12(14-5-4-6-18-14)17-13-8-10(15)11(16)7-9(13)2/h4-8,12,17H,3,16H2,1-2H3. The molecule has 96 valence electrons. The number of thiophene rings is 1. The van der Waals surface area contributed by atoms with Gasteiger partial charge < -0.3 is 11.1 Å². The zero-order chi connectivity index (χ0) is 13.1. The molecule has 0 spiro atoms. The second kappa shape index (κ2) is 5.63. The van der Waals surface area contributed by atoms with E-state index in [-0.39, 0.29) is 0 Å². The Labute approximate surface area is 117 Å². The van der Waals surface area contributed by atoms with Crippen LogP contribution in [-0.4, -0.2) is 0 Å². The Morgan fingerprint density at radius 1 is 1.44 bits per heavy atom. The molecule has 3 N–H and O–H groups in total. The van der Waals surface area contributed by atoms with Crippen LogP contribution in [0.25, 0.3) is 0 Å². The Morgan fingerprint density at radius 2 is 2.22 bits per heavy atom. The van der Waals surface area contributed by atoms with Crippen LogP contribution in [0.5, 0.6) is 0 Å². The number of nitrogen functional groups attached to an aromatic ring is 1. The molecule has 0 bridgehead atoms. The Morgan fingerprint density at radius 3 is 2.83 bits per heavy atom. The summed E-state index contributed by atoms with van der Waals surface area (Å²) in [5.74, 6) is 0. The van der Waals surface area contributed by atoms with E-state index in [1.165, 1.54) is 4.88 Å². The Bertz CT molecular complexity index is 523. The predicted octanol–water partition coefficient (Wildman–Crippen LogP) is 4.86. The molecule has 0 radical (unpaired) electrons. The van der Waals surface area contributed by atoms with Gasteiger partial charge in [0.05, 0.1) is 16.8 Å². The van der Waals surface area contributed by atoms with Crippen LogP contribution in [0.4, 0.5) is 11.4 Å². The fourth-order valence-corrected chi connectivity index (χ4v) is 2.94. The van der Waals surface area contributed by atoms with E-state index in [9.17, 15) is 0 Å². The first kappa shape index (κ1) is 13.2. The van der Waals surface area contributed by atoms with Crippen LogP contribution in [0.15, 0.2) is 29.6 Å². The van der Waals surface area contributed by atoms with Gasteiger partial charge in [-0.1, -0.05) is 24.6 Å². The maximum atomic E-state index is 6.07. The Balaban J connectivity index is 2.25. The van der Waals surface area contributed by atoms with Gasteiger partial charge in [-0.25, -0.2) is 0 Å². The third-order valence-corrected chi connectivity index (χ3v) is 4.28. The van der Waals surface area contributed by atoms with Gasteiger partial charge in [-0.15, -0.1) is 11.3 Å². The molecule has 0 aliphatic heterocycles. The molecular formula is C14H17ClN2S. The monoisotopic (exact) mass is 280 g/mol. The fourth-order valence-electron chi connectivity index (χ4n) is 1.91. The third-order valence-electron chi connectivity index (χ3n) is 2.97. The highest BCUT2D eigenvalue weighted by Crippen LogP contribution is 2.31. The van der Waals surface area contributed by atoms with Crippen LogP contribution >= 0.6 is 22.9 Å². The second-order valence-corrected chi connectivity index (χ2v) is 5.70. The Hall–Kier alpha value is -1.19. The average Bonchev–Trinajstić information content (AvgIpc) is 2.85. The zero-order valence-electron chi connectivity index (χ0n) is 10.5. The van der Waals surface area contributed by atoms with Crippen molar-refractivity contribution in [2.75, 3.05) is 11.1 Å². The molecule has 0 fully saturated rings. The van der Waals surface area contributed by atoms with Crippen molar-refractivity contribution in [3.63, 3.8) is 0 Å².